The highest BCUT2D eigenvalue weighted by molar-refractivity contribution is 5.88. The number of rotatable bonds is 5. The Morgan fingerprint density at radius 3 is 2.73 bits per heavy atom. The summed E-state index contributed by atoms with van der Waals surface area (Å²) in [4.78, 5) is 16.2. The Balaban J connectivity index is 1.39. The Hall–Kier alpha value is -2.86. The predicted molar refractivity (Wildman–Crippen MR) is 128 cm³/mol. The molecule has 1 N–H and O–H groups in total. The molecule has 1 unspecified atom stereocenters. The molecule has 2 fully saturated rings. The van der Waals surface area contributed by atoms with Gasteiger partial charge in [0.25, 0.3) is 0 Å². The van der Waals surface area contributed by atoms with Gasteiger partial charge in [-0.05, 0) is 43.0 Å². The molecule has 1 aromatic heterocycles. The van der Waals surface area contributed by atoms with Gasteiger partial charge in [-0.15, -0.1) is 0 Å². The van der Waals surface area contributed by atoms with E-state index in [1.165, 1.54) is 6.42 Å². The number of benzene rings is 2. The van der Waals surface area contributed by atoms with E-state index < -0.39 is 5.41 Å². The first-order chi connectivity index (χ1) is 16.2. The van der Waals surface area contributed by atoms with Gasteiger partial charge < -0.3 is 14.4 Å². The van der Waals surface area contributed by atoms with Gasteiger partial charge in [0.15, 0.2) is 0 Å². The van der Waals surface area contributed by atoms with Crippen LogP contribution in [0.25, 0.3) is 10.9 Å². The first-order valence-corrected chi connectivity index (χ1v) is 12.1. The standard InChI is InChI=1S/C27H33N3O3/c1-32-22-11-9-21(10-12-22)27(13-5-2-6-14-27)26(31)30-15-16-33-19-20(18-30)17-25-23-7-3-4-8-24(23)28-29-25/h3-4,7-12,20H,2,5-6,13-19H2,1H3,(H,28,29). The number of amides is 1. The van der Waals surface area contributed by atoms with Gasteiger partial charge in [-0.25, -0.2) is 0 Å². The first kappa shape index (κ1) is 22.0. The molecular weight excluding hydrogens is 414 g/mol. The zero-order valence-corrected chi connectivity index (χ0v) is 19.4. The molecule has 1 amide bonds. The lowest BCUT2D eigenvalue weighted by Crippen LogP contribution is -2.50. The number of hydrogen-bond donors (Lipinski definition) is 1. The van der Waals surface area contributed by atoms with Gasteiger partial charge in [0.05, 0.1) is 31.3 Å². The van der Waals surface area contributed by atoms with E-state index in [4.69, 9.17) is 9.47 Å². The van der Waals surface area contributed by atoms with E-state index in [0.717, 1.165) is 60.0 Å². The Bertz CT molecular complexity index is 1090. The Kier molecular flexibility index (Phi) is 6.36. The Morgan fingerprint density at radius 1 is 1.15 bits per heavy atom. The van der Waals surface area contributed by atoms with E-state index >= 15 is 0 Å². The highest BCUT2D eigenvalue weighted by Gasteiger charge is 2.44. The molecule has 6 nitrogen and oxygen atoms in total. The zero-order chi connectivity index (χ0) is 22.7. The van der Waals surface area contributed by atoms with Crippen molar-refractivity contribution in [2.45, 2.75) is 43.9 Å². The van der Waals surface area contributed by atoms with Gasteiger partial charge in [0.1, 0.15) is 5.75 Å². The van der Waals surface area contributed by atoms with Crippen molar-refractivity contribution in [3.8, 4) is 5.75 Å². The average molecular weight is 448 g/mol. The van der Waals surface area contributed by atoms with Crippen LogP contribution in [-0.2, 0) is 21.4 Å². The molecule has 1 saturated carbocycles. The summed E-state index contributed by atoms with van der Waals surface area (Å²) in [5.74, 6) is 1.32. The topological polar surface area (TPSA) is 67.4 Å². The van der Waals surface area contributed by atoms with Crippen LogP contribution < -0.4 is 4.74 Å². The monoisotopic (exact) mass is 447 g/mol. The van der Waals surface area contributed by atoms with E-state index in [1.807, 2.05) is 30.3 Å². The lowest BCUT2D eigenvalue weighted by atomic mass is 9.68. The Morgan fingerprint density at radius 2 is 1.94 bits per heavy atom. The summed E-state index contributed by atoms with van der Waals surface area (Å²) < 4.78 is 11.3. The minimum Gasteiger partial charge on any atom is -0.497 e. The molecule has 1 aliphatic heterocycles. The predicted octanol–water partition coefficient (Wildman–Crippen LogP) is 4.49. The molecule has 5 rings (SSSR count). The second kappa shape index (κ2) is 9.56. The number of carbonyl (C=O) groups excluding carboxylic acids is 1. The fourth-order valence-corrected chi connectivity index (χ4v) is 5.64. The third-order valence-corrected chi connectivity index (χ3v) is 7.42. The van der Waals surface area contributed by atoms with Crippen molar-refractivity contribution in [2.75, 3.05) is 33.4 Å². The number of aromatic amines is 1. The van der Waals surface area contributed by atoms with Crippen molar-refractivity contribution in [1.29, 1.82) is 0 Å². The van der Waals surface area contributed by atoms with E-state index in [-0.39, 0.29) is 11.8 Å². The van der Waals surface area contributed by atoms with Crippen LogP contribution in [0.5, 0.6) is 5.75 Å². The summed E-state index contributed by atoms with van der Waals surface area (Å²) in [5.41, 5.74) is 2.78. The summed E-state index contributed by atoms with van der Waals surface area (Å²) in [6, 6.07) is 16.3. The lowest BCUT2D eigenvalue weighted by Gasteiger charge is -2.40. The Labute approximate surface area is 195 Å². The fourth-order valence-electron chi connectivity index (χ4n) is 5.64. The highest BCUT2D eigenvalue weighted by atomic mass is 16.5. The van der Waals surface area contributed by atoms with Gasteiger partial charge in [-0.3, -0.25) is 9.89 Å². The quantitative estimate of drug-likeness (QED) is 0.626. The number of para-hydroxylation sites is 1. The molecule has 0 spiro atoms. The number of aromatic nitrogens is 2. The number of fused-ring (bicyclic) bond motifs is 1. The number of nitrogens with zero attached hydrogens (tertiary/aromatic N) is 2. The molecule has 1 aliphatic carbocycles. The molecule has 1 atom stereocenters. The van der Waals surface area contributed by atoms with Crippen molar-refractivity contribution in [3.63, 3.8) is 0 Å². The second-order valence-electron chi connectivity index (χ2n) is 9.49. The van der Waals surface area contributed by atoms with Gasteiger partial charge in [-0.1, -0.05) is 49.6 Å². The minimum atomic E-state index is -0.444. The SMILES string of the molecule is COc1ccc(C2(C(=O)N3CCOCC(Cc4[nH]nc5ccccc45)C3)CCCCC2)cc1. The molecule has 6 heteroatoms. The van der Waals surface area contributed by atoms with Crippen molar-refractivity contribution in [2.24, 2.45) is 5.92 Å². The molecule has 174 valence electrons. The average Bonchev–Trinajstić information content (AvgIpc) is 3.13. The summed E-state index contributed by atoms with van der Waals surface area (Å²) in [5, 5.41) is 8.81. The molecule has 2 heterocycles. The molecule has 0 bridgehead atoms. The van der Waals surface area contributed by atoms with Crippen LogP contribution in [0.3, 0.4) is 0 Å². The van der Waals surface area contributed by atoms with E-state index in [9.17, 15) is 4.79 Å². The molecular formula is C27H33N3O3. The normalized spacial score (nSPS) is 21.0. The first-order valence-electron chi connectivity index (χ1n) is 12.1. The largest absolute Gasteiger partial charge is 0.497 e. The smallest absolute Gasteiger partial charge is 0.233 e. The number of methoxy groups -OCH3 is 1. The van der Waals surface area contributed by atoms with Crippen molar-refractivity contribution in [3.05, 3.63) is 59.8 Å². The summed E-state index contributed by atoms with van der Waals surface area (Å²) in [6.07, 6.45) is 6.01. The fraction of sp³-hybridized carbons (Fsp3) is 0.481. The number of ether oxygens (including phenoxy) is 2. The lowest BCUT2D eigenvalue weighted by molar-refractivity contribution is -0.139. The molecule has 0 radical (unpaired) electrons. The van der Waals surface area contributed by atoms with Crippen LogP contribution in [0.2, 0.25) is 0 Å². The van der Waals surface area contributed by atoms with Gasteiger partial charge in [0.2, 0.25) is 5.91 Å². The summed E-state index contributed by atoms with van der Waals surface area (Å²) >= 11 is 0. The number of nitrogens with one attached hydrogen (secondary N) is 1. The third kappa shape index (κ3) is 4.36. The van der Waals surface area contributed by atoms with E-state index in [0.29, 0.717) is 26.3 Å². The van der Waals surface area contributed by atoms with Gasteiger partial charge in [-0.2, -0.15) is 5.10 Å². The van der Waals surface area contributed by atoms with Crippen LogP contribution in [0, 0.1) is 5.92 Å². The zero-order valence-electron chi connectivity index (χ0n) is 19.4. The number of carbonyl (C=O) groups is 1. The third-order valence-electron chi connectivity index (χ3n) is 7.42. The highest BCUT2D eigenvalue weighted by Crippen LogP contribution is 2.42. The minimum absolute atomic E-state index is 0.233. The number of H-pyrrole nitrogens is 1. The van der Waals surface area contributed by atoms with Gasteiger partial charge in [0, 0.05) is 30.1 Å². The van der Waals surface area contributed by atoms with Crippen LogP contribution in [0.15, 0.2) is 48.5 Å². The van der Waals surface area contributed by atoms with Crippen molar-refractivity contribution >= 4 is 16.8 Å². The molecule has 2 aromatic carbocycles. The van der Waals surface area contributed by atoms with E-state index in [2.05, 4.69) is 33.3 Å². The van der Waals surface area contributed by atoms with Crippen LogP contribution in [-0.4, -0.2) is 54.4 Å². The maximum absolute atomic E-state index is 14.2. The van der Waals surface area contributed by atoms with Crippen molar-refractivity contribution in [1.82, 2.24) is 15.1 Å². The summed E-state index contributed by atoms with van der Waals surface area (Å²) in [7, 11) is 1.68. The summed E-state index contributed by atoms with van der Waals surface area (Å²) in [6.45, 7) is 2.61. The molecule has 33 heavy (non-hydrogen) atoms. The van der Waals surface area contributed by atoms with Crippen molar-refractivity contribution < 1.29 is 14.3 Å². The molecule has 2 aliphatic rings. The maximum atomic E-state index is 14.2. The second-order valence-corrected chi connectivity index (χ2v) is 9.49. The van der Waals surface area contributed by atoms with E-state index in [1.54, 1.807) is 7.11 Å². The molecule has 1 saturated heterocycles. The van der Waals surface area contributed by atoms with Crippen LogP contribution in [0.1, 0.15) is 43.4 Å². The van der Waals surface area contributed by atoms with Gasteiger partial charge >= 0.3 is 0 Å². The van der Waals surface area contributed by atoms with Crippen LogP contribution >= 0.6 is 0 Å². The molecule has 3 aromatic rings. The number of hydrogen-bond acceptors (Lipinski definition) is 4. The van der Waals surface area contributed by atoms with Crippen LogP contribution in [0.4, 0.5) is 0 Å². The maximum Gasteiger partial charge on any atom is 0.233 e.